The summed E-state index contributed by atoms with van der Waals surface area (Å²) in [4.78, 5) is 26.0. The number of benzene rings is 1. The Kier molecular flexibility index (Phi) is 7.26. The van der Waals surface area contributed by atoms with Gasteiger partial charge in [-0.25, -0.2) is 4.79 Å². The van der Waals surface area contributed by atoms with Crippen LogP contribution in [0, 0.1) is 0 Å². The highest BCUT2D eigenvalue weighted by Crippen LogP contribution is 2.39. The molecule has 0 aliphatic heterocycles. The number of nitrogens with zero attached hydrogens (tertiary/aromatic N) is 3. The maximum absolute atomic E-state index is 12.6. The van der Waals surface area contributed by atoms with E-state index in [-0.39, 0.29) is 17.8 Å². The van der Waals surface area contributed by atoms with Crippen molar-refractivity contribution in [3.63, 3.8) is 0 Å². The van der Waals surface area contributed by atoms with Gasteiger partial charge in [-0.3, -0.25) is 4.79 Å². The molecule has 33 heavy (non-hydrogen) atoms. The van der Waals surface area contributed by atoms with Crippen molar-refractivity contribution in [2.75, 3.05) is 18.2 Å². The van der Waals surface area contributed by atoms with E-state index in [4.69, 9.17) is 21.1 Å². The third-order valence-electron chi connectivity index (χ3n) is 5.27. The number of methoxy groups -OCH3 is 1. The minimum atomic E-state index is -0.414. The fraction of sp³-hybridized carbons (Fsp3) is 0.364. The molecule has 0 spiro atoms. The van der Waals surface area contributed by atoms with Gasteiger partial charge in [0, 0.05) is 11.9 Å². The van der Waals surface area contributed by atoms with Gasteiger partial charge in [-0.2, -0.15) is 0 Å². The van der Waals surface area contributed by atoms with Gasteiger partial charge in [-0.1, -0.05) is 35.5 Å². The predicted octanol–water partition coefficient (Wildman–Crippen LogP) is 4.68. The minimum absolute atomic E-state index is 0.120. The highest BCUT2D eigenvalue weighted by molar-refractivity contribution is 7.99. The fourth-order valence-electron chi connectivity index (χ4n) is 3.69. The fourth-order valence-corrected chi connectivity index (χ4v) is 5.88. The predicted molar refractivity (Wildman–Crippen MR) is 129 cm³/mol. The number of nitrogens with one attached hydrogen (secondary N) is 1. The maximum Gasteiger partial charge on any atom is 0.341 e. The van der Waals surface area contributed by atoms with Gasteiger partial charge in [0.25, 0.3) is 0 Å². The molecule has 0 radical (unpaired) electrons. The summed E-state index contributed by atoms with van der Waals surface area (Å²) in [5.41, 5.74) is 1.49. The van der Waals surface area contributed by atoms with E-state index in [1.165, 1.54) is 30.2 Å². The number of carbonyl (C=O) groups excluding carboxylic acids is 2. The summed E-state index contributed by atoms with van der Waals surface area (Å²) in [6.45, 7) is 1.86. The van der Waals surface area contributed by atoms with Gasteiger partial charge >= 0.3 is 5.97 Å². The number of hydrogen-bond acceptors (Lipinski definition) is 8. The Morgan fingerprint density at radius 2 is 2.09 bits per heavy atom. The number of rotatable bonds is 8. The molecular weight excluding hydrogens is 484 g/mol. The van der Waals surface area contributed by atoms with Gasteiger partial charge in [-0.15, -0.1) is 21.5 Å². The van der Waals surface area contributed by atoms with Gasteiger partial charge in [0.2, 0.25) is 5.91 Å². The standard InChI is InChI=1S/C22H23ClN4O4S2/c1-12(31-15-9-5-4-8-14(15)23)19-25-26-22(27(19)2)32-11-17(28)24-20-18(21(29)30-3)13-7-6-10-16(13)33-20/h4-5,8-9,12H,6-7,10-11H2,1-3H3,(H,24,28). The molecule has 1 N–H and O–H groups in total. The number of ether oxygens (including phenoxy) is 2. The molecule has 0 saturated carbocycles. The van der Waals surface area contributed by atoms with E-state index in [0.29, 0.717) is 32.3 Å². The second kappa shape index (κ2) is 10.1. The van der Waals surface area contributed by atoms with E-state index in [2.05, 4.69) is 15.5 Å². The number of para-hydroxylation sites is 1. The number of aromatic nitrogens is 3. The van der Waals surface area contributed by atoms with Crippen LogP contribution in [0.15, 0.2) is 29.4 Å². The summed E-state index contributed by atoms with van der Waals surface area (Å²) in [6.07, 6.45) is 2.38. The molecule has 2 heterocycles. The van der Waals surface area contributed by atoms with E-state index in [1.54, 1.807) is 16.7 Å². The van der Waals surface area contributed by atoms with Crippen molar-refractivity contribution in [1.29, 1.82) is 0 Å². The molecule has 8 nitrogen and oxygen atoms in total. The molecule has 0 fully saturated rings. The van der Waals surface area contributed by atoms with Gasteiger partial charge in [-0.05, 0) is 43.9 Å². The van der Waals surface area contributed by atoms with Crippen LogP contribution in [0.25, 0.3) is 0 Å². The van der Waals surface area contributed by atoms with Crippen molar-refractivity contribution >= 4 is 51.6 Å². The normalized spacial score (nSPS) is 13.5. The van der Waals surface area contributed by atoms with Crippen LogP contribution in [0.4, 0.5) is 5.00 Å². The summed E-state index contributed by atoms with van der Waals surface area (Å²) in [7, 11) is 3.17. The molecule has 0 saturated heterocycles. The molecule has 1 aliphatic rings. The quantitative estimate of drug-likeness (QED) is 0.350. The van der Waals surface area contributed by atoms with Crippen LogP contribution in [0.3, 0.4) is 0 Å². The molecular formula is C22H23ClN4O4S2. The smallest absolute Gasteiger partial charge is 0.341 e. The molecule has 2 aromatic heterocycles. The molecule has 0 bridgehead atoms. The van der Waals surface area contributed by atoms with Crippen LogP contribution in [0.1, 0.15) is 46.1 Å². The van der Waals surface area contributed by atoms with E-state index < -0.39 is 5.97 Å². The number of anilines is 1. The van der Waals surface area contributed by atoms with Crippen molar-refractivity contribution in [2.24, 2.45) is 7.05 Å². The largest absolute Gasteiger partial charge is 0.481 e. The van der Waals surface area contributed by atoms with E-state index in [1.807, 2.05) is 26.1 Å². The number of halogens is 1. The average Bonchev–Trinajstić information content (AvgIpc) is 3.48. The van der Waals surface area contributed by atoms with Crippen LogP contribution in [0.5, 0.6) is 5.75 Å². The zero-order valence-corrected chi connectivity index (χ0v) is 20.8. The lowest BCUT2D eigenvalue weighted by molar-refractivity contribution is -0.113. The first-order valence-corrected chi connectivity index (χ1v) is 12.5. The van der Waals surface area contributed by atoms with Gasteiger partial charge in [0.15, 0.2) is 17.1 Å². The maximum atomic E-state index is 12.6. The second-order valence-electron chi connectivity index (χ2n) is 7.48. The SMILES string of the molecule is COC(=O)c1c(NC(=O)CSc2nnc(C(C)Oc3ccccc3Cl)n2C)sc2c1CCC2. The summed E-state index contributed by atoms with van der Waals surface area (Å²) in [5.74, 6) is 0.653. The monoisotopic (exact) mass is 506 g/mol. The van der Waals surface area contributed by atoms with E-state index >= 15 is 0 Å². The summed E-state index contributed by atoms with van der Waals surface area (Å²) < 4.78 is 12.6. The lowest BCUT2D eigenvalue weighted by atomic mass is 10.1. The van der Waals surface area contributed by atoms with Crippen LogP contribution in [-0.4, -0.2) is 39.5 Å². The highest BCUT2D eigenvalue weighted by atomic mass is 35.5. The Balaban J connectivity index is 1.39. The Morgan fingerprint density at radius 3 is 2.85 bits per heavy atom. The van der Waals surface area contributed by atoms with Crippen molar-refractivity contribution in [1.82, 2.24) is 14.8 Å². The molecule has 1 unspecified atom stereocenters. The third-order valence-corrected chi connectivity index (χ3v) is 7.81. The van der Waals surface area contributed by atoms with Crippen LogP contribution < -0.4 is 10.1 Å². The first kappa shape index (κ1) is 23.6. The van der Waals surface area contributed by atoms with Gasteiger partial charge in [0.1, 0.15) is 10.8 Å². The Morgan fingerprint density at radius 1 is 1.30 bits per heavy atom. The van der Waals surface area contributed by atoms with Crippen molar-refractivity contribution in [2.45, 2.75) is 37.4 Å². The summed E-state index contributed by atoms with van der Waals surface area (Å²) in [6, 6.07) is 7.23. The second-order valence-corrected chi connectivity index (χ2v) is 9.94. The van der Waals surface area contributed by atoms with Crippen LogP contribution in [0.2, 0.25) is 5.02 Å². The molecule has 1 aliphatic carbocycles. The topological polar surface area (TPSA) is 95.3 Å². The van der Waals surface area contributed by atoms with Crippen molar-refractivity contribution < 1.29 is 19.1 Å². The third kappa shape index (κ3) is 5.02. The van der Waals surface area contributed by atoms with Crippen molar-refractivity contribution in [3.05, 3.63) is 51.1 Å². The van der Waals surface area contributed by atoms with Crippen molar-refractivity contribution in [3.8, 4) is 5.75 Å². The van der Waals surface area contributed by atoms with E-state index in [0.717, 1.165) is 29.7 Å². The molecule has 4 rings (SSSR count). The van der Waals surface area contributed by atoms with Crippen LogP contribution in [-0.2, 0) is 29.4 Å². The molecule has 1 amide bonds. The zero-order valence-electron chi connectivity index (χ0n) is 18.4. The number of carbonyl (C=O) groups is 2. The van der Waals surface area contributed by atoms with E-state index in [9.17, 15) is 9.59 Å². The van der Waals surface area contributed by atoms with Gasteiger partial charge < -0.3 is 19.4 Å². The highest BCUT2D eigenvalue weighted by Gasteiger charge is 2.28. The Bertz CT molecular complexity index is 1190. The summed E-state index contributed by atoms with van der Waals surface area (Å²) in [5, 5.41) is 12.9. The summed E-state index contributed by atoms with van der Waals surface area (Å²) >= 11 is 8.88. The first-order valence-electron chi connectivity index (χ1n) is 10.3. The van der Waals surface area contributed by atoms with Crippen LogP contribution >= 0.6 is 34.7 Å². The number of aryl methyl sites for hydroxylation is 1. The molecule has 1 aromatic carbocycles. The number of hydrogen-bond donors (Lipinski definition) is 1. The average molecular weight is 507 g/mol. The number of fused-ring (bicyclic) bond motifs is 1. The number of thiophene rings is 1. The lowest BCUT2D eigenvalue weighted by Gasteiger charge is -2.15. The van der Waals surface area contributed by atoms with Gasteiger partial charge in [0.05, 0.1) is 23.4 Å². The molecule has 1 atom stereocenters. The Hall–Kier alpha value is -2.56. The molecule has 3 aromatic rings. The first-order chi connectivity index (χ1) is 15.9. The molecule has 11 heteroatoms. The zero-order chi connectivity index (χ0) is 23.5. The lowest BCUT2D eigenvalue weighted by Crippen LogP contribution is -2.16. The Labute approximate surface area is 204 Å². The number of esters is 1. The number of thioether (sulfide) groups is 1. The number of amides is 1. The molecule has 174 valence electrons. The minimum Gasteiger partial charge on any atom is -0.481 e.